The first-order valence-electron chi connectivity index (χ1n) is 9.22. The molecule has 0 bridgehead atoms. The van der Waals surface area contributed by atoms with Gasteiger partial charge in [-0.15, -0.1) is 0 Å². The van der Waals surface area contributed by atoms with E-state index in [1.807, 2.05) is 30.5 Å². The van der Waals surface area contributed by atoms with Crippen molar-refractivity contribution in [1.29, 1.82) is 0 Å². The van der Waals surface area contributed by atoms with Crippen LogP contribution in [0.1, 0.15) is 41.6 Å². The van der Waals surface area contributed by atoms with E-state index < -0.39 is 0 Å². The van der Waals surface area contributed by atoms with Gasteiger partial charge in [0, 0.05) is 11.8 Å². The van der Waals surface area contributed by atoms with E-state index in [1.165, 1.54) is 34.3 Å². The van der Waals surface area contributed by atoms with E-state index in [2.05, 4.69) is 54.4 Å². The highest BCUT2D eigenvalue weighted by molar-refractivity contribution is 5.93. The van der Waals surface area contributed by atoms with Gasteiger partial charge in [-0.25, -0.2) is 0 Å². The summed E-state index contributed by atoms with van der Waals surface area (Å²) < 4.78 is 6.22. The highest BCUT2D eigenvalue weighted by Crippen LogP contribution is 2.42. The van der Waals surface area contributed by atoms with Gasteiger partial charge in [0.2, 0.25) is 0 Å². The molecule has 0 unspecified atom stereocenters. The van der Waals surface area contributed by atoms with Gasteiger partial charge in [0.15, 0.2) is 0 Å². The first-order chi connectivity index (χ1) is 12.8. The van der Waals surface area contributed by atoms with Crippen LogP contribution < -0.4 is 4.74 Å². The Labute approximate surface area is 155 Å². The van der Waals surface area contributed by atoms with E-state index >= 15 is 0 Å². The third kappa shape index (κ3) is 3.55. The van der Waals surface area contributed by atoms with Gasteiger partial charge >= 0.3 is 0 Å². The second-order valence-electron chi connectivity index (χ2n) is 6.80. The Morgan fingerprint density at radius 1 is 0.885 bits per heavy atom. The number of allylic oxidation sites excluding steroid dienone is 2. The number of benzene rings is 2. The Balaban J connectivity index is 1.70. The molecule has 1 aromatic heterocycles. The van der Waals surface area contributed by atoms with Gasteiger partial charge in [-0.3, -0.25) is 4.98 Å². The number of aromatic nitrogens is 1. The maximum Gasteiger partial charge on any atom is 0.127 e. The molecule has 0 spiro atoms. The Morgan fingerprint density at radius 2 is 1.69 bits per heavy atom. The fraction of sp³-hybridized carbons (Fsp3) is 0.208. The van der Waals surface area contributed by atoms with E-state index in [4.69, 9.17) is 4.74 Å². The van der Waals surface area contributed by atoms with Crippen LogP contribution in [0.25, 0.3) is 11.1 Å². The molecule has 3 aromatic rings. The molecule has 2 aromatic carbocycles. The lowest BCUT2D eigenvalue weighted by molar-refractivity contribution is 0.305. The summed E-state index contributed by atoms with van der Waals surface area (Å²) >= 11 is 0. The fourth-order valence-corrected chi connectivity index (χ4v) is 3.61. The molecular weight excluding hydrogens is 318 g/mol. The maximum absolute atomic E-state index is 6.22. The van der Waals surface area contributed by atoms with Gasteiger partial charge in [0.05, 0.1) is 5.69 Å². The number of ether oxygens (including phenoxy) is 1. The fourth-order valence-electron chi connectivity index (χ4n) is 3.61. The summed E-state index contributed by atoms with van der Waals surface area (Å²) in [5.74, 6) is 0.963. The number of nitrogens with zero attached hydrogens (tertiary/aromatic N) is 1. The largest absolute Gasteiger partial charge is 0.488 e. The van der Waals surface area contributed by atoms with Gasteiger partial charge in [-0.2, -0.15) is 0 Å². The summed E-state index contributed by atoms with van der Waals surface area (Å²) in [6.45, 7) is 2.73. The van der Waals surface area contributed by atoms with Gasteiger partial charge in [0.25, 0.3) is 0 Å². The van der Waals surface area contributed by atoms with Crippen LogP contribution in [-0.4, -0.2) is 4.98 Å². The van der Waals surface area contributed by atoms with Crippen LogP contribution in [0, 0.1) is 6.92 Å². The molecule has 1 heterocycles. The van der Waals surface area contributed by atoms with Crippen LogP contribution in [0.15, 0.2) is 72.9 Å². The van der Waals surface area contributed by atoms with Crippen molar-refractivity contribution in [3.63, 3.8) is 0 Å². The lowest BCUT2D eigenvalue weighted by atomic mass is 9.97. The van der Waals surface area contributed by atoms with Gasteiger partial charge in [-0.05, 0) is 67.2 Å². The third-order valence-corrected chi connectivity index (χ3v) is 4.89. The zero-order valence-electron chi connectivity index (χ0n) is 15.1. The minimum Gasteiger partial charge on any atom is -0.488 e. The Bertz CT molecular complexity index is 913. The van der Waals surface area contributed by atoms with Crippen LogP contribution in [0.4, 0.5) is 0 Å². The molecule has 0 N–H and O–H groups in total. The molecule has 0 aliphatic heterocycles. The quantitative estimate of drug-likeness (QED) is 0.562. The van der Waals surface area contributed by atoms with Crippen LogP contribution in [0.5, 0.6) is 5.75 Å². The predicted octanol–water partition coefficient (Wildman–Crippen LogP) is 6.06. The average molecular weight is 341 g/mol. The van der Waals surface area contributed by atoms with E-state index in [9.17, 15) is 0 Å². The highest BCUT2D eigenvalue weighted by Gasteiger charge is 2.21. The number of hydrogen-bond donors (Lipinski definition) is 0. The van der Waals surface area contributed by atoms with Crippen molar-refractivity contribution in [3.05, 3.63) is 95.3 Å². The van der Waals surface area contributed by atoms with E-state index in [1.54, 1.807) is 0 Å². The van der Waals surface area contributed by atoms with Crippen molar-refractivity contribution in [3.8, 4) is 5.75 Å². The second-order valence-corrected chi connectivity index (χ2v) is 6.80. The van der Waals surface area contributed by atoms with Crippen molar-refractivity contribution >= 4 is 11.1 Å². The molecule has 1 aliphatic rings. The molecule has 0 amide bonds. The first kappa shape index (κ1) is 16.6. The minimum absolute atomic E-state index is 0.586. The lowest BCUT2D eigenvalue weighted by Gasteiger charge is -2.15. The molecule has 26 heavy (non-hydrogen) atoms. The van der Waals surface area contributed by atoms with Crippen LogP contribution in [0.3, 0.4) is 0 Å². The van der Waals surface area contributed by atoms with Crippen LogP contribution in [0.2, 0.25) is 0 Å². The van der Waals surface area contributed by atoms with E-state index in [0.29, 0.717) is 6.61 Å². The molecule has 0 atom stereocenters. The van der Waals surface area contributed by atoms with Gasteiger partial charge in [-0.1, -0.05) is 48.0 Å². The molecule has 4 rings (SSSR count). The molecule has 130 valence electrons. The highest BCUT2D eigenvalue weighted by atomic mass is 16.5. The molecule has 0 fully saturated rings. The lowest BCUT2D eigenvalue weighted by Crippen LogP contribution is -1.99. The van der Waals surface area contributed by atoms with E-state index in [-0.39, 0.29) is 0 Å². The summed E-state index contributed by atoms with van der Waals surface area (Å²) in [4.78, 5) is 4.58. The number of aryl methyl sites for hydroxylation is 1. The standard InChI is InChI=1S/C24H23NO/c1-18-13-14-24(26-17-19-8-3-2-4-9-19)22(16-18)20-10-7-11-21(20)23-12-5-6-15-25-23/h2-6,8-9,12-16H,7,10-11,17H2,1H3. The smallest absolute Gasteiger partial charge is 0.127 e. The normalized spacial score (nSPS) is 13.9. The summed E-state index contributed by atoms with van der Waals surface area (Å²) in [6.07, 6.45) is 5.21. The maximum atomic E-state index is 6.22. The Kier molecular flexibility index (Phi) is 4.83. The van der Waals surface area contributed by atoms with Crippen molar-refractivity contribution in [1.82, 2.24) is 4.98 Å². The Hall–Kier alpha value is -2.87. The SMILES string of the molecule is Cc1ccc(OCc2ccccc2)c(C2=C(c3ccccn3)CCC2)c1. The summed E-state index contributed by atoms with van der Waals surface area (Å²) in [6, 6.07) is 23.0. The summed E-state index contributed by atoms with van der Waals surface area (Å²) in [5, 5.41) is 0. The average Bonchev–Trinajstić information content (AvgIpc) is 3.18. The molecule has 0 saturated heterocycles. The van der Waals surface area contributed by atoms with Crippen LogP contribution in [-0.2, 0) is 6.61 Å². The van der Waals surface area contributed by atoms with Crippen molar-refractivity contribution in [2.45, 2.75) is 32.8 Å². The third-order valence-electron chi connectivity index (χ3n) is 4.89. The van der Waals surface area contributed by atoms with Crippen molar-refractivity contribution < 1.29 is 4.74 Å². The number of pyridine rings is 1. The zero-order valence-corrected chi connectivity index (χ0v) is 15.1. The number of hydrogen-bond acceptors (Lipinski definition) is 2. The summed E-state index contributed by atoms with van der Waals surface area (Å²) in [5.41, 5.74) is 7.50. The Morgan fingerprint density at radius 3 is 2.50 bits per heavy atom. The monoisotopic (exact) mass is 341 g/mol. The molecule has 2 heteroatoms. The summed E-state index contributed by atoms with van der Waals surface area (Å²) in [7, 11) is 0. The molecule has 0 saturated carbocycles. The molecular formula is C24H23NO. The van der Waals surface area contributed by atoms with Gasteiger partial charge < -0.3 is 4.74 Å². The van der Waals surface area contributed by atoms with Crippen molar-refractivity contribution in [2.24, 2.45) is 0 Å². The molecule has 0 radical (unpaired) electrons. The van der Waals surface area contributed by atoms with Gasteiger partial charge in [0.1, 0.15) is 12.4 Å². The predicted molar refractivity (Wildman–Crippen MR) is 107 cm³/mol. The second kappa shape index (κ2) is 7.57. The van der Waals surface area contributed by atoms with E-state index in [0.717, 1.165) is 24.3 Å². The van der Waals surface area contributed by atoms with Crippen molar-refractivity contribution in [2.75, 3.05) is 0 Å². The van der Waals surface area contributed by atoms with Crippen LogP contribution >= 0.6 is 0 Å². The molecule has 1 aliphatic carbocycles. The minimum atomic E-state index is 0.586. The zero-order chi connectivity index (χ0) is 17.8. The number of rotatable bonds is 5. The molecule has 2 nitrogen and oxygen atoms in total. The first-order valence-corrected chi connectivity index (χ1v) is 9.22. The topological polar surface area (TPSA) is 22.1 Å².